The van der Waals surface area contributed by atoms with Gasteiger partial charge in [-0.2, -0.15) is 4.98 Å². The zero-order chi connectivity index (χ0) is 22.5. The van der Waals surface area contributed by atoms with Crippen LogP contribution in [-0.4, -0.2) is 40.1 Å². The summed E-state index contributed by atoms with van der Waals surface area (Å²) in [6.45, 7) is 2.32. The van der Waals surface area contributed by atoms with Gasteiger partial charge in [0.15, 0.2) is 6.61 Å². The number of urea groups is 1. The number of halogens is 1. The molecule has 3 aromatic rings. The highest BCUT2D eigenvalue weighted by molar-refractivity contribution is 5.89. The highest BCUT2D eigenvalue weighted by atomic mass is 19.1. The molecule has 1 aliphatic rings. The number of piperidine rings is 1. The number of esters is 1. The van der Waals surface area contributed by atoms with Crippen molar-refractivity contribution in [3.8, 4) is 11.4 Å². The molecular weight excluding hydrogens is 415 g/mol. The first-order valence-corrected chi connectivity index (χ1v) is 10.4. The zero-order valence-electron chi connectivity index (χ0n) is 17.6. The summed E-state index contributed by atoms with van der Waals surface area (Å²) in [5, 5.41) is 6.65. The second-order valence-corrected chi connectivity index (χ2v) is 7.66. The number of aryl methyl sites for hydroxylation is 1. The molecule has 1 fully saturated rings. The van der Waals surface area contributed by atoms with Crippen LogP contribution >= 0.6 is 0 Å². The minimum atomic E-state index is -0.432. The Morgan fingerprint density at radius 1 is 1.25 bits per heavy atom. The van der Waals surface area contributed by atoms with Gasteiger partial charge in [-0.1, -0.05) is 35.5 Å². The molecule has 0 aliphatic carbocycles. The van der Waals surface area contributed by atoms with Crippen molar-refractivity contribution < 1.29 is 23.2 Å². The Labute approximate surface area is 184 Å². The molecule has 0 saturated carbocycles. The predicted molar refractivity (Wildman–Crippen MR) is 114 cm³/mol. The summed E-state index contributed by atoms with van der Waals surface area (Å²) in [4.78, 5) is 30.8. The highest BCUT2D eigenvalue weighted by Crippen LogP contribution is 2.21. The van der Waals surface area contributed by atoms with Gasteiger partial charge in [0.25, 0.3) is 5.89 Å². The van der Waals surface area contributed by atoms with E-state index in [0.717, 1.165) is 0 Å². The maximum atomic E-state index is 13.8. The van der Waals surface area contributed by atoms with Crippen molar-refractivity contribution in [2.24, 2.45) is 5.92 Å². The zero-order valence-corrected chi connectivity index (χ0v) is 17.6. The molecule has 0 unspecified atom stereocenters. The van der Waals surface area contributed by atoms with Gasteiger partial charge in [-0.25, -0.2) is 9.18 Å². The van der Waals surface area contributed by atoms with Gasteiger partial charge < -0.3 is 19.5 Å². The number of ether oxygens (including phenoxy) is 1. The van der Waals surface area contributed by atoms with Crippen molar-refractivity contribution in [1.29, 1.82) is 0 Å². The lowest BCUT2D eigenvalue weighted by Crippen LogP contribution is -2.44. The Morgan fingerprint density at radius 3 is 2.84 bits per heavy atom. The topological polar surface area (TPSA) is 97.6 Å². The Balaban J connectivity index is 1.30. The van der Waals surface area contributed by atoms with Crippen LogP contribution in [0.2, 0.25) is 0 Å². The number of carbonyl (C=O) groups is 2. The van der Waals surface area contributed by atoms with Gasteiger partial charge in [0.2, 0.25) is 5.82 Å². The van der Waals surface area contributed by atoms with Gasteiger partial charge in [0, 0.05) is 24.3 Å². The average molecular weight is 438 g/mol. The SMILES string of the molecule is Cc1ccc(-c2noc(COC(=O)[C@H]3CCCN(C(=O)Nc4ccccc4)C3)n2)cc1F. The Bertz CT molecular complexity index is 1100. The summed E-state index contributed by atoms with van der Waals surface area (Å²) in [6.07, 6.45) is 1.33. The first-order valence-electron chi connectivity index (χ1n) is 10.4. The monoisotopic (exact) mass is 438 g/mol. The Morgan fingerprint density at radius 2 is 2.06 bits per heavy atom. The molecule has 0 bridgehead atoms. The molecule has 0 radical (unpaired) electrons. The first kappa shape index (κ1) is 21.5. The van der Waals surface area contributed by atoms with E-state index in [2.05, 4.69) is 15.5 Å². The van der Waals surface area contributed by atoms with Crippen molar-refractivity contribution in [3.05, 3.63) is 65.8 Å². The summed E-state index contributed by atoms with van der Waals surface area (Å²) in [7, 11) is 0. The number of rotatable bonds is 5. The van der Waals surface area contributed by atoms with Gasteiger partial charge in [-0.05, 0) is 43.5 Å². The third-order valence-corrected chi connectivity index (χ3v) is 5.30. The molecule has 0 spiro atoms. The van der Waals surface area contributed by atoms with Crippen LogP contribution in [0.25, 0.3) is 11.4 Å². The van der Waals surface area contributed by atoms with E-state index >= 15 is 0 Å². The van der Waals surface area contributed by atoms with Crippen molar-refractivity contribution >= 4 is 17.7 Å². The van der Waals surface area contributed by atoms with E-state index in [4.69, 9.17) is 9.26 Å². The lowest BCUT2D eigenvalue weighted by Gasteiger charge is -2.31. The maximum absolute atomic E-state index is 13.8. The van der Waals surface area contributed by atoms with E-state index in [1.54, 1.807) is 36.1 Å². The molecule has 2 aromatic carbocycles. The summed E-state index contributed by atoms with van der Waals surface area (Å²) in [5.74, 6) is -0.888. The van der Waals surface area contributed by atoms with Crippen LogP contribution in [-0.2, 0) is 16.1 Å². The van der Waals surface area contributed by atoms with E-state index in [1.807, 2.05) is 18.2 Å². The third-order valence-electron chi connectivity index (χ3n) is 5.30. The quantitative estimate of drug-likeness (QED) is 0.601. The summed E-state index contributed by atoms with van der Waals surface area (Å²) in [6, 6.07) is 13.5. The second kappa shape index (κ2) is 9.59. The highest BCUT2D eigenvalue weighted by Gasteiger charge is 2.30. The summed E-state index contributed by atoms with van der Waals surface area (Å²) in [5.41, 5.74) is 1.69. The maximum Gasteiger partial charge on any atom is 0.321 e. The molecule has 2 amide bonds. The van der Waals surface area contributed by atoms with Crippen LogP contribution in [0.1, 0.15) is 24.3 Å². The number of carbonyl (C=O) groups excluding carboxylic acids is 2. The molecular formula is C23H23FN4O4. The molecule has 166 valence electrons. The summed E-state index contributed by atoms with van der Waals surface area (Å²) < 4.78 is 24.2. The van der Waals surface area contributed by atoms with Crippen molar-refractivity contribution in [2.75, 3.05) is 18.4 Å². The van der Waals surface area contributed by atoms with Crippen LogP contribution in [0.4, 0.5) is 14.9 Å². The number of nitrogens with one attached hydrogen (secondary N) is 1. The number of para-hydroxylation sites is 1. The third kappa shape index (κ3) is 5.11. The smallest absolute Gasteiger partial charge is 0.321 e. The molecule has 1 saturated heterocycles. The van der Waals surface area contributed by atoms with E-state index < -0.39 is 11.9 Å². The van der Waals surface area contributed by atoms with Crippen LogP contribution < -0.4 is 5.32 Å². The minimum absolute atomic E-state index is 0.115. The van der Waals surface area contributed by atoms with Gasteiger partial charge >= 0.3 is 12.0 Å². The molecule has 2 heterocycles. The number of aromatic nitrogens is 2. The van der Waals surface area contributed by atoms with E-state index in [-0.39, 0.29) is 36.7 Å². The van der Waals surface area contributed by atoms with E-state index in [9.17, 15) is 14.0 Å². The predicted octanol–water partition coefficient (Wildman–Crippen LogP) is 4.17. The fourth-order valence-electron chi connectivity index (χ4n) is 3.49. The van der Waals surface area contributed by atoms with Crippen LogP contribution in [0.3, 0.4) is 0 Å². The molecule has 1 aromatic heterocycles. The van der Waals surface area contributed by atoms with Crippen molar-refractivity contribution in [1.82, 2.24) is 15.0 Å². The van der Waals surface area contributed by atoms with Crippen LogP contribution in [0.5, 0.6) is 0 Å². The number of benzene rings is 2. The normalized spacial score (nSPS) is 15.9. The second-order valence-electron chi connectivity index (χ2n) is 7.66. The Hall–Kier alpha value is -3.75. The molecule has 1 atom stereocenters. The van der Waals surface area contributed by atoms with E-state index in [1.165, 1.54) is 6.07 Å². The lowest BCUT2D eigenvalue weighted by molar-refractivity contribution is -0.152. The van der Waals surface area contributed by atoms with Gasteiger partial charge in [-0.3, -0.25) is 4.79 Å². The first-order chi connectivity index (χ1) is 15.5. The average Bonchev–Trinajstić information content (AvgIpc) is 3.29. The Kier molecular flexibility index (Phi) is 6.44. The number of amides is 2. The fourth-order valence-corrected chi connectivity index (χ4v) is 3.49. The van der Waals surface area contributed by atoms with Crippen LogP contribution in [0.15, 0.2) is 53.1 Å². The number of anilines is 1. The lowest BCUT2D eigenvalue weighted by atomic mass is 9.98. The molecule has 4 rings (SSSR count). The summed E-state index contributed by atoms with van der Waals surface area (Å²) >= 11 is 0. The number of hydrogen-bond donors (Lipinski definition) is 1. The number of nitrogens with zero attached hydrogens (tertiary/aromatic N) is 3. The largest absolute Gasteiger partial charge is 0.455 e. The van der Waals surface area contributed by atoms with Gasteiger partial charge in [-0.15, -0.1) is 0 Å². The molecule has 1 aliphatic heterocycles. The molecule has 1 N–H and O–H groups in total. The minimum Gasteiger partial charge on any atom is -0.455 e. The molecule has 8 nitrogen and oxygen atoms in total. The fraction of sp³-hybridized carbons (Fsp3) is 0.304. The van der Waals surface area contributed by atoms with Gasteiger partial charge in [0.05, 0.1) is 5.92 Å². The van der Waals surface area contributed by atoms with Gasteiger partial charge in [0.1, 0.15) is 5.82 Å². The van der Waals surface area contributed by atoms with Crippen LogP contribution in [0, 0.1) is 18.7 Å². The van der Waals surface area contributed by atoms with Crippen molar-refractivity contribution in [3.63, 3.8) is 0 Å². The van der Waals surface area contributed by atoms with E-state index in [0.29, 0.717) is 36.2 Å². The molecule has 32 heavy (non-hydrogen) atoms. The number of likely N-dealkylation sites (tertiary alicyclic amines) is 1. The number of hydrogen-bond acceptors (Lipinski definition) is 6. The standard InChI is InChI=1S/C23H23FN4O4/c1-15-9-10-16(12-19(15)24)21-26-20(32-27-21)14-31-22(29)17-6-5-11-28(13-17)23(30)25-18-7-3-2-4-8-18/h2-4,7-10,12,17H,5-6,11,13-14H2,1H3,(H,25,30)/t17-/m0/s1. The van der Waals surface area contributed by atoms with Crippen molar-refractivity contribution in [2.45, 2.75) is 26.4 Å². The molecule has 9 heteroatoms.